The van der Waals surface area contributed by atoms with Gasteiger partial charge in [-0.1, -0.05) is 60.2 Å². The lowest BCUT2D eigenvalue weighted by molar-refractivity contribution is -0.117. The van der Waals surface area contributed by atoms with Crippen molar-refractivity contribution in [2.75, 3.05) is 7.11 Å². The standard InChI is InChI=1S/C28H26N2O2/c1-20-8-10-22(11-9-20)16-24(31)18-26-27(17-21-6-4-3-5-7-21)30-28(19-29-26)23-12-14-25(32-2)15-13-23/h3-15,19H,16-18H2,1-2H3. The van der Waals surface area contributed by atoms with Crippen LogP contribution in [0.4, 0.5) is 0 Å². The zero-order valence-electron chi connectivity index (χ0n) is 18.4. The number of nitrogens with zero attached hydrogens (tertiary/aromatic N) is 2. The Morgan fingerprint density at radius 1 is 0.812 bits per heavy atom. The van der Waals surface area contributed by atoms with Crippen LogP contribution in [0.3, 0.4) is 0 Å². The SMILES string of the molecule is COc1ccc(-c2cnc(CC(=O)Cc3ccc(C)cc3)c(Cc3ccccc3)n2)cc1. The monoisotopic (exact) mass is 422 g/mol. The van der Waals surface area contributed by atoms with Gasteiger partial charge in [-0.2, -0.15) is 0 Å². The molecule has 4 aromatic rings. The first kappa shape index (κ1) is 21.4. The molecule has 0 aliphatic rings. The molecule has 0 aliphatic heterocycles. The Hall–Kier alpha value is -3.79. The van der Waals surface area contributed by atoms with Crippen LogP contribution in [0, 0.1) is 6.92 Å². The van der Waals surface area contributed by atoms with E-state index in [9.17, 15) is 4.79 Å². The van der Waals surface area contributed by atoms with Crippen molar-refractivity contribution in [3.8, 4) is 17.0 Å². The van der Waals surface area contributed by atoms with Crippen molar-refractivity contribution in [2.45, 2.75) is 26.2 Å². The van der Waals surface area contributed by atoms with Gasteiger partial charge >= 0.3 is 0 Å². The number of Topliss-reactive ketones (excluding diaryl/α,β-unsaturated/α-hetero) is 1. The fraction of sp³-hybridized carbons (Fsp3) is 0.179. The summed E-state index contributed by atoms with van der Waals surface area (Å²) in [5.41, 5.74) is 6.67. The molecule has 0 spiro atoms. The Morgan fingerprint density at radius 3 is 2.22 bits per heavy atom. The number of aryl methyl sites for hydroxylation is 1. The maximum Gasteiger partial charge on any atom is 0.143 e. The molecule has 32 heavy (non-hydrogen) atoms. The predicted molar refractivity (Wildman–Crippen MR) is 127 cm³/mol. The van der Waals surface area contributed by atoms with E-state index >= 15 is 0 Å². The highest BCUT2D eigenvalue weighted by molar-refractivity contribution is 5.83. The number of benzene rings is 3. The summed E-state index contributed by atoms with van der Waals surface area (Å²) in [7, 11) is 1.65. The third-order valence-electron chi connectivity index (χ3n) is 5.42. The lowest BCUT2D eigenvalue weighted by Crippen LogP contribution is -2.12. The third-order valence-corrected chi connectivity index (χ3v) is 5.42. The van der Waals surface area contributed by atoms with Crippen LogP contribution in [0.2, 0.25) is 0 Å². The molecule has 4 nitrogen and oxygen atoms in total. The number of hydrogen-bond acceptors (Lipinski definition) is 4. The van der Waals surface area contributed by atoms with Crippen LogP contribution in [0.1, 0.15) is 28.1 Å². The molecular formula is C28H26N2O2. The highest BCUT2D eigenvalue weighted by atomic mass is 16.5. The number of carbonyl (C=O) groups excluding carboxylic acids is 1. The van der Waals surface area contributed by atoms with Crippen molar-refractivity contribution in [2.24, 2.45) is 0 Å². The summed E-state index contributed by atoms with van der Waals surface area (Å²) in [4.78, 5) is 22.4. The minimum Gasteiger partial charge on any atom is -0.497 e. The summed E-state index contributed by atoms with van der Waals surface area (Å²) in [6.07, 6.45) is 3.05. The van der Waals surface area contributed by atoms with E-state index in [0.717, 1.165) is 39.5 Å². The van der Waals surface area contributed by atoms with Gasteiger partial charge in [0.15, 0.2) is 0 Å². The van der Waals surface area contributed by atoms with Gasteiger partial charge < -0.3 is 4.74 Å². The van der Waals surface area contributed by atoms with Crippen molar-refractivity contribution in [1.29, 1.82) is 0 Å². The van der Waals surface area contributed by atoms with E-state index in [1.165, 1.54) is 5.56 Å². The molecule has 0 radical (unpaired) electrons. The molecule has 0 atom stereocenters. The zero-order valence-corrected chi connectivity index (χ0v) is 18.4. The fourth-order valence-electron chi connectivity index (χ4n) is 3.61. The smallest absolute Gasteiger partial charge is 0.143 e. The van der Waals surface area contributed by atoms with E-state index in [2.05, 4.69) is 17.1 Å². The maximum atomic E-state index is 12.8. The summed E-state index contributed by atoms with van der Waals surface area (Å²) in [5, 5.41) is 0. The highest BCUT2D eigenvalue weighted by Crippen LogP contribution is 2.22. The van der Waals surface area contributed by atoms with E-state index in [0.29, 0.717) is 12.8 Å². The van der Waals surface area contributed by atoms with Crippen LogP contribution in [0.25, 0.3) is 11.3 Å². The van der Waals surface area contributed by atoms with Crippen LogP contribution < -0.4 is 4.74 Å². The van der Waals surface area contributed by atoms with Crippen molar-refractivity contribution >= 4 is 5.78 Å². The summed E-state index contributed by atoms with van der Waals surface area (Å²) >= 11 is 0. The van der Waals surface area contributed by atoms with E-state index in [-0.39, 0.29) is 12.2 Å². The van der Waals surface area contributed by atoms with Gasteiger partial charge in [-0.15, -0.1) is 0 Å². The van der Waals surface area contributed by atoms with Gasteiger partial charge in [-0.05, 0) is 42.3 Å². The third kappa shape index (κ3) is 5.46. The first-order chi connectivity index (χ1) is 15.6. The van der Waals surface area contributed by atoms with Gasteiger partial charge in [0.05, 0.1) is 36.8 Å². The Morgan fingerprint density at radius 2 is 1.53 bits per heavy atom. The lowest BCUT2D eigenvalue weighted by Gasteiger charge is -2.11. The average molecular weight is 423 g/mol. The van der Waals surface area contributed by atoms with Gasteiger partial charge in [0.25, 0.3) is 0 Å². The van der Waals surface area contributed by atoms with Crippen LogP contribution in [0.5, 0.6) is 5.75 Å². The Bertz CT molecular complexity index is 1180. The zero-order chi connectivity index (χ0) is 22.3. The minimum atomic E-state index is 0.134. The van der Waals surface area contributed by atoms with Gasteiger partial charge in [0.2, 0.25) is 0 Å². The molecule has 0 aliphatic carbocycles. The molecule has 4 heteroatoms. The average Bonchev–Trinajstić information content (AvgIpc) is 2.82. The van der Waals surface area contributed by atoms with Gasteiger partial charge in [0, 0.05) is 18.4 Å². The number of ketones is 1. The first-order valence-electron chi connectivity index (χ1n) is 10.7. The second kappa shape index (κ2) is 10.0. The molecular weight excluding hydrogens is 396 g/mol. The number of rotatable bonds is 8. The van der Waals surface area contributed by atoms with Crippen LogP contribution in [-0.4, -0.2) is 22.9 Å². The molecule has 4 rings (SSSR count). The second-order valence-corrected chi connectivity index (χ2v) is 7.92. The Labute approximate surface area is 189 Å². The van der Waals surface area contributed by atoms with Gasteiger partial charge in [0.1, 0.15) is 11.5 Å². The molecule has 0 saturated heterocycles. The number of hydrogen-bond donors (Lipinski definition) is 0. The second-order valence-electron chi connectivity index (χ2n) is 7.92. The summed E-state index contributed by atoms with van der Waals surface area (Å²) in [6.45, 7) is 2.04. The fourth-order valence-corrected chi connectivity index (χ4v) is 3.61. The Balaban J connectivity index is 1.60. The number of methoxy groups -OCH3 is 1. The molecule has 1 aromatic heterocycles. The number of ether oxygens (including phenoxy) is 1. The van der Waals surface area contributed by atoms with Crippen molar-refractivity contribution in [1.82, 2.24) is 9.97 Å². The number of carbonyl (C=O) groups is 1. The lowest BCUT2D eigenvalue weighted by atomic mass is 10.0. The summed E-state index contributed by atoms with van der Waals surface area (Å²) < 4.78 is 5.25. The van der Waals surface area contributed by atoms with Gasteiger partial charge in [-0.3, -0.25) is 9.78 Å². The predicted octanol–water partition coefficient (Wildman–Crippen LogP) is 5.41. The first-order valence-corrected chi connectivity index (χ1v) is 10.7. The molecule has 0 saturated carbocycles. The van der Waals surface area contributed by atoms with E-state index in [1.807, 2.05) is 73.7 Å². The summed E-state index contributed by atoms with van der Waals surface area (Å²) in [5.74, 6) is 0.930. The van der Waals surface area contributed by atoms with E-state index < -0.39 is 0 Å². The molecule has 1 heterocycles. The quantitative estimate of drug-likeness (QED) is 0.381. The van der Waals surface area contributed by atoms with E-state index in [1.54, 1.807) is 13.3 Å². The molecule has 160 valence electrons. The van der Waals surface area contributed by atoms with Crippen molar-refractivity contribution in [3.63, 3.8) is 0 Å². The van der Waals surface area contributed by atoms with Crippen LogP contribution in [-0.2, 0) is 24.1 Å². The van der Waals surface area contributed by atoms with Crippen molar-refractivity contribution in [3.05, 3.63) is 113 Å². The molecule has 3 aromatic carbocycles. The Kier molecular flexibility index (Phi) is 6.71. The number of aromatic nitrogens is 2. The molecule has 0 fully saturated rings. The largest absolute Gasteiger partial charge is 0.497 e. The topological polar surface area (TPSA) is 52.1 Å². The van der Waals surface area contributed by atoms with Crippen LogP contribution >= 0.6 is 0 Å². The normalized spacial score (nSPS) is 10.7. The molecule has 0 N–H and O–H groups in total. The molecule has 0 amide bonds. The maximum absolute atomic E-state index is 12.8. The van der Waals surface area contributed by atoms with Gasteiger partial charge in [-0.25, -0.2) is 4.98 Å². The van der Waals surface area contributed by atoms with Crippen molar-refractivity contribution < 1.29 is 9.53 Å². The van der Waals surface area contributed by atoms with E-state index in [4.69, 9.17) is 9.72 Å². The molecule has 0 unspecified atom stereocenters. The highest BCUT2D eigenvalue weighted by Gasteiger charge is 2.14. The molecule has 0 bridgehead atoms. The minimum absolute atomic E-state index is 0.134. The summed E-state index contributed by atoms with van der Waals surface area (Å²) in [6, 6.07) is 26.0. The van der Waals surface area contributed by atoms with Crippen LogP contribution in [0.15, 0.2) is 85.1 Å².